The predicted molar refractivity (Wildman–Crippen MR) is 62.0 cm³/mol. The molecule has 0 heterocycles. The average Bonchev–Trinajstić information content (AvgIpc) is 2.16. The van der Waals surface area contributed by atoms with Crippen LogP contribution in [-0.2, 0) is 0 Å². The van der Waals surface area contributed by atoms with Crippen molar-refractivity contribution < 1.29 is 22.0 Å². The maximum atomic E-state index is 8.85. The lowest BCUT2D eigenvalue weighted by Gasteiger charge is -2.36. The first kappa shape index (κ1) is 16.8. The molecule has 0 spiro atoms. The molecule has 2 nitrogen and oxygen atoms in total. The van der Waals surface area contributed by atoms with Gasteiger partial charge in [0, 0.05) is 13.0 Å². The van der Waals surface area contributed by atoms with Gasteiger partial charge >= 0.3 is 0 Å². The molecule has 0 saturated heterocycles. The van der Waals surface area contributed by atoms with Gasteiger partial charge in [0.05, 0.1) is 26.2 Å². The second kappa shape index (κ2) is 9.97. The van der Waals surface area contributed by atoms with E-state index in [9.17, 15) is 0 Å². The first-order chi connectivity index (χ1) is 6.74. The molecule has 0 atom stereocenters. The second-order valence-corrected chi connectivity index (χ2v) is 3.56. The molecule has 0 aliphatic rings. The van der Waals surface area contributed by atoms with Gasteiger partial charge in [0.15, 0.2) is 0 Å². The number of aliphatic hydroxyl groups excluding tert-OH is 1. The Labute approximate surface area is 99.6 Å². The van der Waals surface area contributed by atoms with Crippen LogP contribution in [0.3, 0.4) is 0 Å². The molecular formula is C12H22ClNO. The molecule has 0 fully saturated rings. The van der Waals surface area contributed by atoms with Crippen molar-refractivity contribution >= 4 is 0 Å². The normalized spacial score (nSPS) is 10.2. The van der Waals surface area contributed by atoms with Crippen LogP contribution in [0, 0.1) is 0 Å². The van der Waals surface area contributed by atoms with Crippen molar-refractivity contribution in [1.29, 1.82) is 0 Å². The minimum absolute atomic E-state index is 0. The van der Waals surface area contributed by atoms with Crippen molar-refractivity contribution in [3.8, 4) is 0 Å². The molecule has 1 N–H and O–H groups in total. The van der Waals surface area contributed by atoms with Crippen molar-refractivity contribution in [1.82, 2.24) is 0 Å². The second-order valence-electron chi connectivity index (χ2n) is 3.56. The fourth-order valence-corrected chi connectivity index (χ4v) is 1.73. The van der Waals surface area contributed by atoms with E-state index >= 15 is 0 Å². The van der Waals surface area contributed by atoms with E-state index in [2.05, 4.69) is 19.7 Å². The molecule has 15 heavy (non-hydrogen) atoms. The third-order valence-electron chi connectivity index (χ3n) is 2.34. The zero-order valence-corrected chi connectivity index (χ0v) is 10.1. The monoisotopic (exact) mass is 231 g/mol. The Bertz CT molecular complexity index is 166. The number of halogens is 1. The molecule has 0 aliphatic carbocycles. The average molecular weight is 232 g/mol. The van der Waals surface area contributed by atoms with E-state index in [1.54, 1.807) is 0 Å². The van der Waals surface area contributed by atoms with Gasteiger partial charge in [-0.15, -0.1) is 0 Å². The molecule has 88 valence electrons. The molecule has 0 aliphatic heterocycles. The highest BCUT2D eigenvalue weighted by Gasteiger charge is 2.21. The number of quaternary nitrogens is 1. The molecule has 0 rings (SSSR count). The van der Waals surface area contributed by atoms with Crippen molar-refractivity contribution in [2.45, 2.75) is 6.42 Å². The molecule has 0 unspecified atom stereocenters. The summed E-state index contributed by atoms with van der Waals surface area (Å²) in [5.41, 5.74) is 0. The van der Waals surface area contributed by atoms with Crippen LogP contribution in [0.2, 0.25) is 0 Å². The molecule has 0 aromatic heterocycles. The van der Waals surface area contributed by atoms with Crippen LogP contribution >= 0.6 is 0 Å². The number of nitrogens with zero attached hydrogens (tertiary/aromatic N) is 1. The van der Waals surface area contributed by atoms with Crippen LogP contribution in [0.4, 0.5) is 0 Å². The van der Waals surface area contributed by atoms with Gasteiger partial charge in [0.25, 0.3) is 0 Å². The van der Waals surface area contributed by atoms with E-state index in [1.807, 2.05) is 18.2 Å². The Morgan fingerprint density at radius 2 is 1.33 bits per heavy atom. The standard InChI is InChI=1S/C12H22NO.ClH/c1-4-8-13(9-5-2,10-6-3)11-7-12-14;/h4-6,14H,1-3,7-12H2;1H/q+1;/p-1. The summed E-state index contributed by atoms with van der Waals surface area (Å²) in [6.45, 7) is 15.2. The lowest BCUT2D eigenvalue weighted by atomic mass is 10.2. The smallest absolute Gasteiger partial charge is 0.0975 e. The van der Waals surface area contributed by atoms with E-state index in [1.165, 1.54) is 0 Å². The maximum absolute atomic E-state index is 8.85. The van der Waals surface area contributed by atoms with E-state index in [4.69, 9.17) is 5.11 Å². The zero-order valence-electron chi connectivity index (χ0n) is 9.37. The molecule has 0 amide bonds. The Balaban J connectivity index is 0. The van der Waals surface area contributed by atoms with Crippen LogP contribution < -0.4 is 12.4 Å². The summed E-state index contributed by atoms with van der Waals surface area (Å²) in [6, 6.07) is 0. The highest BCUT2D eigenvalue weighted by Crippen LogP contribution is 2.09. The van der Waals surface area contributed by atoms with Gasteiger partial charge in [0.2, 0.25) is 0 Å². The number of aliphatic hydroxyl groups is 1. The first-order valence-electron chi connectivity index (χ1n) is 5.03. The summed E-state index contributed by atoms with van der Waals surface area (Å²) >= 11 is 0. The third kappa shape index (κ3) is 6.50. The highest BCUT2D eigenvalue weighted by molar-refractivity contribution is 4.76. The molecular weight excluding hydrogens is 210 g/mol. The van der Waals surface area contributed by atoms with Gasteiger partial charge in [-0.1, -0.05) is 19.7 Å². The summed E-state index contributed by atoms with van der Waals surface area (Å²) in [7, 11) is 0. The molecule has 0 saturated carbocycles. The number of rotatable bonds is 9. The maximum Gasteiger partial charge on any atom is 0.0975 e. The quantitative estimate of drug-likeness (QED) is 0.388. The van der Waals surface area contributed by atoms with Gasteiger partial charge in [-0.25, -0.2) is 0 Å². The third-order valence-corrected chi connectivity index (χ3v) is 2.34. The SMILES string of the molecule is C=CC[N+](CC=C)(CC=C)CCCO.[Cl-]. The number of hydrogen-bond acceptors (Lipinski definition) is 1. The largest absolute Gasteiger partial charge is 1.00 e. The van der Waals surface area contributed by atoms with Crippen LogP contribution in [-0.4, -0.2) is 42.4 Å². The summed E-state index contributed by atoms with van der Waals surface area (Å²) in [5, 5.41) is 8.85. The van der Waals surface area contributed by atoms with Gasteiger partial charge in [-0.2, -0.15) is 0 Å². The lowest BCUT2D eigenvalue weighted by Crippen LogP contribution is -3.00. The first-order valence-corrected chi connectivity index (χ1v) is 5.03. The van der Waals surface area contributed by atoms with E-state index in [0.29, 0.717) is 0 Å². The molecule has 0 aromatic carbocycles. The summed E-state index contributed by atoms with van der Waals surface area (Å²) in [4.78, 5) is 0. The Morgan fingerprint density at radius 1 is 0.933 bits per heavy atom. The molecule has 0 bridgehead atoms. The Kier molecular flexibility index (Phi) is 11.2. The molecule has 0 aromatic rings. The van der Waals surface area contributed by atoms with Crippen LogP contribution in [0.25, 0.3) is 0 Å². The number of hydrogen-bond donors (Lipinski definition) is 1. The Morgan fingerprint density at radius 3 is 1.60 bits per heavy atom. The van der Waals surface area contributed by atoms with Crippen LogP contribution in [0.5, 0.6) is 0 Å². The van der Waals surface area contributed by atoms with Gasteiger partial charge in [0.1, 0.15) is 0 Å². The summed E-state index contributed by atoms with van der Waals surface area (Å²) in [5.74, 6) is 0. The molecule has 0 radical (unpaired) electrons. The minimum Gasteiger partial charge on any atom is -1.00 e. The van der Waals surface area contributed by atoms with E-state index < -0.39 is 0 Å². The Hall–Kier alpha value is -0.570. The minimum atomic E-state index is 0. The molecule has 3 heteroatoms. The summed E-state index contributed by atoms with van der Waals surface area (Å²) < 4.78 is 0.872. The van der Waals surface area contributed by atoms with Crippen molar-refractivity contribution in [3.63, 3.8) is 0 Å². The lowest BCUT2D eigenvalue weighted by molar-refractivity contribution is -0.912. The van der Waals surface area contributed by atoms with E-state index in [0.717, 1.165) is 37.1 Å². The summed E-state index contributed by atoms with van der Waals surface area (Å²) in [6.07, 6.45) is 6.58. The fourth-order valence-electron chi connectivity index (χ4n) is 1.73. The van der Waals surface area contributed by atoms with Crippen LogP contribution in [0.1, 0.15) is 6.42 Å². The predicted octanol–water partition coefficient (Wildman–Crippen LogP) is -1.25. The zero-order chi connectivity index (χ0) is 10.9. The van der Waals surface area contributed by atoms with Crippen LogP contribution in [0.15, 0.2) is 38.0 Å². The van der Waals surface area contributed by atoms with Gasteiger partial charge < -0.3 is 22.0 Å². The highest BCUT2D eigenvalue weighted by atomic mass is 35.5. The van der Waals surface area contributed by atoms with Crippen molar-refractivity contribution in [3.05, 3.63) is 38.0 Å². The fraction of sp³-hybridized carbons (Fsp3) is 0.500. The van der Waals surface area contributed by atoms with Gasteiger partial charge in [-0.3, -0.25) is 0 Å². The van der Waals surface area contributed by atoms with Crippen molar-refractivity contribution in [2.75, 3.05) is 32.8 Å². The topological polar surface area (TPSA) is 20.2 Å². The van der Waals surface area contributed by atoms with Crippen molar-refractivity contribution in [2.24, 2.45) is 0 Å². The van der Waals surface area contributed by atoms with E-state index in [-0.39, 0.29) is 19.0 Å². The van der Waals surface area contributed by atoms with Gasteiger partial charge in [-0.05, 0) is 18.2 Å².